The number of ether oxygens (including phenoxy) is 1. The standard InChI is InChI=1S/C23H20ClN3O4/c24-18-8-4-9-19(14-18)27(13-5-12-25)22(28)16-30-23(29)11-10-21-26-15-20(31-21)17-6-2-1-3-7-17/h1-4,6-9,14-15H,5,10-11,13,16H2. The Balaban J connectivity index is 1.51. The number of anilines is 1. The zero-order valence-corrected chi connectivity index (χ0v) is 17.4. The SMILES string of the molecule is N#CCCN(C(=O)COC(=O)CCc1ncc(-c2ccccc2)o1)c1cccc(Cl)c1. The Labute approximate surface area is 184 Å². The third kappa shape index (κ3) is 6.43. The molecule has 0 aliphatic rings. The molecule has 1 aromatic heterocycles. The van der Waals surface area contributed by atoms with Gasteiger partial charge in [-0.3, -0.25) is 9.59 Å². The van der Waals surface area contributed by atoms with Gasteiger partial charge in [0.2, 0.25) is 0 Å². The highest BCUT2D eigenvalue weighted by atomic mass is 35.5. The number of oxazole rings is 1. The predicted molar refractivity (Wildman–Crippen MR) is 115 cm³/mol. The van der Waals surface area contributed by atoms with Crippen molar-refractivity contribution < 1.29 is 18.7 Å². The largest absolute Gasteiger partial charge is 0.456 e. The van der Waals surface area contributed by atoms with Crippen LogP contribution in [0.3, 0.4) is 0 Å². The molecule has 0 unspecified atom stereocenters. The lowest BCUT2D eigenvalue weighted by molar-refractivity contribution is -0.147. The molecular formula is C23H20ClN3O4. The molecule has 0 aliphatic carbocycles. The molecule has 1 amide bonds. The van der Waals surface area contributed by atoms with E-state index in [0.717, 1.165) is 5.56 Å². The van der Waals surface area contributed by atoms with Crippen molar-refractivity contribution in [2.75, 3.05) is 18.1 Å². The Kier molecular flexibility index (Phi) is 7.79. The number of hydrogen-bond donors (Lipinski definition) is 0. The van der Waals surface area contributed by atoms with E-state index in [4.69, 9.17) is 26.0 Å². The number of nitriles is 1. The van der Waals surface area contributed by atoms with Crippen LogP contribution in [0.4, 0.5) is 5.69 Å². The van der Waals surface area contributed by atoms with E-state index in [2.05, 4.69) is 4.98 Å². The fourth-order valence-electron chi connectivity index (χ4n) is 2.87. The van der Waals surface area contributed by atoms with Crippen LogP contribution >= 0.6 is 11.6 Å². The van der Waals surface area contributed by atoms with Gasteiger partial charge in [0.25, 0.3) is 5.91 Å². The fraction of sp³-hybridized carbons (Fsp3) is 0.217. The summed E-state index contributed by atoms with van der Waals surface area (Å²) in [6.45, 7) is -0.260. The lowest BCUT2D eigenvalue weighted by Gasteiger charge is -2.21. The Bertz CT molecular complexity index is 1080. The summed E-state index contributed by atoms with van der Waals surface area (Å²) in [5.74, 6) is 0.0537. The third-order valence-electron chi connectivity index (χ3n) is 4.38. The average Bonchev–Trinajstić information content (AvgIpc) is 3.26. The van der Waals surface area contributed by atoms with Gasteiger partial charge in [0.05, 0.1) is 25.1 Å². The molecule has 0 atom stereocenters. The molecule has 0 bridgehead atoms. The van der Waals surface area contributed by atoms with Crippen LogP contribution in [0.1, 0.15) is 18.7 Å². The quantitative estimate of drug-likeness (QED) is 0.460. The van der Waals surface area contributed by atoms with E-state index in [1.54, 1.807) is 30.5 Å². The van der Waals surface area contributed by atoms with Crippen LogP contribution in [0.5, 0.6) is 0 Å². The van der Waals surface area contributed by atoms with Crippen molar-refractivity contribution in [2.45, 2.75) is 19.3 Å². The highest BCUT2D eigenvalue weighted by Gasteiger charge is 2.18. The molecule has 0 radical (unpaired) electrons. The van der Waals surface area contributed by atoms with Crippen LogP contribution in [-0.4, -0.2) is 30.0 Å². The molecule has 0 N–H and O–H groups in total. The molecule has 0 aliphatic heterocycles. The number of aromatic nitrogens is 1. The lowest BCUT2D eigenvalue weighted by atomic mass is 10.2. The van der Waals surface area contributed by atoms with Gasteiger partial charge >= 0.3 is 5.97 Å². The average molecular weight is 438 g/mol. The molecule has 3 rings (SSSR count). The van der Waals surface area contributed by atoms with Gasteiger partial charge in [-0.25, -0.2) is 4.98 Å². The Morgan fingerprint density at radius 1 is 1.16 bits per heavy atom. The van der Waals surface area contributed by atoms with Crippen molar-refractivity contribution in [3.63, 3.8) is 0 Å². The van der Waals surface area contributed by atoms with Gasteiger partial charge in [0.1, 0.15) is 0 Å². The van der Waals surface area contributed by atoms with Gasteiger partial charge in [-0.1, -0.05) is 48.0 Å². The zero-order chi connectivity index (χ0) is 22.1. The summed E-state index contributed by atoms with van der Waals surface area (Å²) in [7, 11) is 0. The summed E-state index contributed by atoms with van der Waals surface area (Å²) in [6.07, 6.45) is 2.03. The number of nitrogens with zero attached hydrogens (tertiary/aromatic N) is 3. The fourth-order valence-corrected chi connectivity index (χ4v) is 3.05. The van der Waals surface area contributed by atoms with E-state index in [1.165, 1.54) is 4.90 Å². The number of aryl methyl sites for hydroxylation is 1. The minimum absolute atomic E-state index is 0.0252. The maximum atomic E-state index is 12.6. The minimum atomic E-state index is -0.542. The molecule has 31 heavy (non-hydrogen) atoms. The first-order valence-corrected chi connectivity index (χ1v) is 10.0. The number of benzene rings is 2. The summed E-state index contributed by atoms with van der Waals surface area (Å²) >= 11 is 5.99. The van der Waals surface area contributed by atoms with Crippen LogP contribution in [-0.2, 0) is 20.7 Å². The van der Waals surface area contributed by atoms with E-state index in [0.29, 0.717) is 22.4 Å². The number of esters is 1. The first-order valence-electron chi connectivity index (χ1n) is 9.65. The van der Waals surface area contributed by atoms with Crippen LogP contribution in [0.2, 0.25) is 5.02 Å². The normalized spacial score (nSPS) is 10.3. The third-order valence-corrected chi connectivity index (χ3v) is 4.61. The zero-order valence-electron chi connectivity index (χ0n) is 16.7. The molecule has 158 valence electrons. The van der Waals surface area contributed by atoms with Crippen molar-refractivity contribution in [3.05, 3.63) is 71.7 Å². The van der Waals surface area contributed by atoms with Crippen molar-refractivity contribution in [3.8, 4) is 17.4 Å². The predicted octanol–water partition coefficient (Wildman–Crippen LogP) is 4.42. The van der Waals surface area contributed by atoms with Gasteiger partial charge in [0, 0.05) is 29.2 Å². The van der Waals surface area contributed by atoms with Gasteiger partial charge in [-0.15, -0.1) is 0 Å². The van der Waals surface area contributed by atoms with Crippen LogP contribution in [0.15, 0.2) is 65.2 Å². The minimum Gasteiger partial charge on any atom is -0.456 e. The molecule has 1 heterocycles. The number of hydrogen-bond acceptors (Lipinski definition) is 6. The van der Waals surface area contributed by atoms with Gasteiger partial charge in [-0.2, -0.15) is 5.26 Å². The summed E-state index contributed by atoms with van der Waals surface area (Å²) in [5.41, 5.74) is 1.44. The molecule has 3 aromatic rings. The van der Waals surface area contributed by atoms with Gasteiger partial charge in [-0.05, 0) is 18.2 Å². The molecule has 7 nitrogen and oxygen atoms in total. The van der Waals surface area contributed by atoms with Crippen LogP contribution in [0.25, 0.3) is 11.3 Å². The van der Waals surface area contributed by atoms with Crippen molar-refractivity contribution in [2.24, 2.45) is 0 Å². The summed E-state index contributed by atoms with van der Waals surface area (Å²) in [5, 5.41) is 9.32. The molecule has 0 fully saturated rings. The molecule has 2 aromatic carbocycles. The van der Waals surface area contributed by atoms with Crippen LogP contribution in [0, 0.1) is 11.3 Å². The van der Waals surface area contributed by atoms with E-state index >= 15 is 0 Å². The smallest absolute Gasteiger partial charge is 0.306 e. The second kappa shape index (κ2) is 11.0. The molecule has 0 saturated heterocycles. The Hall–Kier alpha value is -3.63. The van der Waals surface area contributed by atoms with Gasteiger partial charge in [0.15, 0.2) is 18.3 Å². The first kappa shape index (κ1) is 22.1. The van der Waals surface area contributed by atoms with Crippen molar-refractivity contribution in [1.82, 2.24) is 4.98 Å². The second-order valence-electron chi connectivity index (χ2n) is 6.58. The molecule has 8 heteroatoms. The van der Waals surface area contributed by atoms with Crippen molar-refractivity contribution >= 4 is 29.2 Å². The van der Waals surface area contributed by atoms with E-state index in [9.17, 15) is 9.59 Å². The Morgan fingerprint density at radius 3 is 2.71 bits per heavy atom. The molecular weight excluding hydrogens is 418 g/mol. The number of carbonyl (C=O) groups excluding carboxylic acids is 2. The summed E-state index contributed by atoms with van der Waals surface area (Å²) in [4.78, 5) is 30.2. The number of halogens is 1. The summed E-state index contributed by atoms with van der Waals surface area (Å²) < 4.78 is 10.8. The van der Waals surface area contributed by atoms with Crippen molar-refractivity contribution in [1.29, 1.82) is 5.26 Å². The number of amides is 1. The number of carbonyl (C=O) groups is 2. The van der Waals surface area contributed by atoms with E-state index < -0.39 is 18.5 Å². The number of rotatable bonds is 9. The lowest BCUT2D eigenvalue weighted by Crippen LogP contribution is -2.35. The molecule has 0 saturated carbocycles. The Morgan fingerprint density at radius 2 is 1.97 bits per heavy atom. The first-order chi connectivity index (χ1) is 15.1. The summed E-state index contributed by atoms with van der Waals surface area (Å²) in [6, 6.07) is 18.2. The second-order valence-corrected chi connectivity index (χ2v) is 7.01. The van der Waals surface area contributed by atoms with Crippen LogP contribution < -0.4 is 4.90 Å². The molecule has 0 spiro atoms. The highest BCUT2D eigenvalue weighted by Crippen LogP contribution is 2.21. The van der Waals surface area contributed by atoms with E-state index in [-0.39, 0.29) is 25.8 Å². The maximum absolute atomic E-state index is 12.6. The maximum Gasteiger partial charge on any atom is 0.306 e. The highest BCUT2D eigenvalue weighted by molar-refractivity contribution is 6.30. The topological polar surface area (TPSA) is 96.4 Å². The van der Waals surface area contributed by atoms with E-state index in [1.807, 2.05) is 36.4 Å². The van der Waals surface area contributed by atoms with Gasteiger partial charge < -0.3 is 14.1 Å². The monoisotopic (exact) mass is 437 g/mol.